The third-order valence-corrected chi connectivity index (χ3v) is 5.39. The molecular weight excluding hydrogens is 280 g/mol. The van der Waals surface area contributed by atoms with Gasteiger partial charge < -0.3 is 0 Å². The Morgan fingerprint density at radius 3 is 2.22 bits per heavy atom. The largest absolute Gasteiger partial charge is 0.232 e. The summed E-state index contributed by atoms with van der Waals surface area (Å²) in [7, 11) is 0. The van der Waals surface area contributed by atoms with E-state index in [1.807, 2.05) is 30.0 Å². The minimum Gasteiger partial charge on any atom is -0.232 e. The second kappa shape index (κ2) is 6.17. The summed E-state index contributed by atoms with van der Waals surface area (Å²) in [6.07, 6.45) is 0. The first-order chi connectivity index (χ1) is 8.56. The van der Waals surface area contributed by atoms with Crippen molar-refractivity contribution in [2.45, 2.75) is 38.2 Å². The van der Waals surface area contributed by atoms with E-state index in [1.54, 1.807) is 11.3 Å². The Morgan fingerprint density at radius 2 is 1.67 bits per heavy atom. The number of anilines is 1. The van der Waals surface area contributed by atoms with Crippen molar-refractivity contribution in [3.8, 4) is 0 Å². The smallest absolute Gasteiger partial charge is 0.207 e. The first-order valence-electron chi connectivity index (χ1n) is 6.05. The Balaban J connectivity index is 2.28. The number of benzene rings is 1. The Morgan fingerprint density at radius 1 is 1.06 bits per heavy atom. The molecule has 1 heterocycles. The molecule has 0 spiro atoms. The van der Waals surface area contributed by atoms with Crippen molar-refractivity contribution in [1.82, 2.24) is 4.98 Å². The molecule has 2 aromatic rings. The average molecular weight is 299 g/mol. The van der Waals surface area contributed by atoms with Crippen LogP contribution < -0.4 is 3.71 Å². The molecule has 0 amide bonds. The monoisotopic (exact) mass is 298 g/mol. The molecule has 0 radical (unpaired) electrons. The van der Waals surface area contributed by atoms with Crippen LogP contribution in [0.2, 0.25) is 0 Å². The molecule has 0 unspecified atom stereocenters. The maximum Gasteiger partial charge on any atom is 0.207 e. The topological polar surface area (TPSA) is 16.1 Å². The molecule has 5 heteroatoms. The van der Waals surface area contributed by atoms with E-state index in [4.69, 9.17) is 4.98 Å². The third-order valence-electron chi connectivity index (χ3n) is 2.05. The van der Waals surface area contributed by atoms with Crippen molar-refractivity contribution in [3.05, 3.63) is 24.3 Å². The number of hydrogen-bond acceptors (Lipinski definition) is 5. The van der Waals surface area contributed by atoms with Gasteiger partial charge in [0.05, 0.1) is 10.2 Å². The minimum absolute atomic E-state index is 0.559. The summed E-state index contributed by atoms with van der Waals surface area (Å²) in [6.45, 7) is 8.86. The fourth-order valence-corrected chi connectivity index (χ4v) is 4.96. The van der Waals surface area contributed by atoms with E-state index < -0.39 is 0 Å². The van der Waals surface area contributed by atoms with E-state index in [0.717, 1.165) is 10.6 Å². The molecule has 0 saturated carbocycles. The summed E-state index contributed by atoms with van der Waals surface area (Å²) in [6, 6.07) is 8.32. The van der Waals surface area contributed by atoms with Gasteiger partial charge in [0.1, 0.15) is 0 Å². The Labute approximate surface area is 121 Å². The quantitative estimate of drug-likeness (QED) is 0.703. The second-order valence-corrected chi connectivity index (χ2v) is 8.81. The molecule has 1 aromatic carbocycles. The summed E-state index contributed by atoms with van der Waals surface area (Å²) < 4.78 is 3.52. The van der Waals surface area contributed by atoms with Crippen LogP contribution in [0.5, 0.6) is 0 Å². The predicted molar refractivity (Wildman–Crippen MR) is 87.6 cm³/mol. The van der Waals surface area contributed by atoms with Crippen molar-refractivity contribution in [1.29, 1.82) is 0 Å². The first-order valence-corrected chi connectivity index (χ1v) is 8.54. The van der Waals surface area contributed by atoms with Crippen LogP contribution in [0.15, 0.2) is 24.3 Å². The summed E-state index contributed by atoms with van der Waals surface area (Å²) in [5, 5.41) is 2.21. The van der Waals surface area contributed by atoms with Crippen molar-refractivity contribution in [3.63, 3.8) is 0 Å². The normalized spacial score (nSPS) is 11.7. The van der Waals surface area contributed by atoms with Gasteiger partial charge in [-0.3, -0.25) is 0 Å². The lowest BCUT2D eigenvalue weighted by molar-refractivity contribution is 1.10. The highest BCUT2D eigenvalue weighted by atomic mass is 32.2. The highest BCUT2D eigenvalue weighted by molar-refractivity contribution is 8.18. The van der Waals surface area contributed by atoms with Gasteiger partial charge in [-0.25, -0.2) is 8.69 Å². The number of nitrogens with zero attached hydrogens (tertiary/aromatic N) is 2. The lowest BCUT2D eigenvalue weighted by Crippen LogP contribution is -2.11. The van der Waals surface area contributed by atoms with Gasteiger partial charge in [-0.05, 0) is 36.0 Å². The molecule has 0 atom stereocenters. The highest BCUT2D eigenvalue weighted by Gasteiger charge is 2.16. The van der Waals surface area contributed by atoms with Crippen LogP contribution in [-0.4, -0.2) is 15.5 Å². The van der Waals surface area contributed by atoms with E-state index >= 15 is 0 Å². The maximum atomic E-state index is 4.72. The molecule has 0 saturated heterocycles. The average Bonchev–Trinajstić information content (AvgIpc) is 2.70. The summed E-state index contributed by atoms with van der Waals surface area (Å²) in [5.74, 6) is 0. The van der Waals surface area contributed by atoms with E-state index in [9.17, 15) is 0 Å². The fourth-order valence-electron chi connectivity index (χ4n) is 1.44. The van der Waals surface area contributed by atoms with Crippen LogP contribution >= 0.6 is 35.2 Å². The van der Waals surface area contributed by atoms with Crippen molar-refractivity contribution >= 4 is 50.6 Å². The number of aromatic nitrogens is 1. The number of fused-ring (bicyclic) bond motifs is 1. The Bertz CT molecular complexity index is 465. The SMILES string of the molecule is CC(C)SN(SC(C)C)c1nc2ccccc2s1. The van der Waals surface area contributed by atoms with Crippen LogP contribution in [0.4, 0.5) is 5.13 Å². The molecule has 98 valence electrons. The number of hydrogen-bond donors (Lipinski definition) is 0. The van der Waals surface area contributed by atoms with Crippen LogP contribution in [0.1, 0.15) is 27.7 Å². The van der Waals surface area contributed by atoms with E-state index in [0.29, 0.717) is 10.5 Å². The zero-order chi connectivity index (χ0) is 13.1. The molecule has 0 aliphatic carbocycles. The van der Waals surface area contributed by atoms with Gasteiger partial charge >= 0.3 is 0 Å². The third kappa shape index (κ3) is 3.56. The number of rotatable bonds is 5. The molecule has 0 N–H and O–H groups in total. The van der Waals surface area contributed by atoms with E-state index in [2.05, 4.69) is 49.6 Å². The van der Waals surface area contributed by atoms with E-state index in [-0.39, 0.29) is 0 Å². The molecular formula is C13H18N2S3. The molecule has 0 bridgehead atoms. The number of thiazole rings is 1. The first kappa shape index (κ1) is 14.0. The van der Waals surface area contributed by atoms with Crippen LogP contribution in [0, 0.1) is 0 Å². The Hall–Kier alpha value is -0.390. The molecule has 0 aliphatic rings. The fraction of sp³-hybridized carbons (Fsp3) is 0.462. The van der Waals surface area contributed by atoms with Gasteiger partial charge in [0.25, 0.3) is 0 Å². The van der Waals surface area contributed by atoms with Gasteiger partial charge in [-0.1, -0.05) is 51.2 Å². The number of para-hydroxylation sites is 1. The van der Waals surface area contributed by atoms with E-state index in [1.165, 1.54) is 4.70 Å². The maximum absolute atomic E-state index is 4.72. The lowest BCUT2D eigenvalue weighted by Gasteiger charge is -2.22. The molecule has 0 aliphatic heterocycles. The molecule has 1 aromatic heterocycles. The van der Waals surface area contributed by atoms with Crippen molar-refractivity contribution in [2.75, 3.05) is 3.71 Å². The van der Waals surface area contributed by atoms with Gasteiger partial charge in [-0.15, -0.1) is 0 Å². The summed E-state index contributed by atoms with van der Waals surface area (Å²) >= 11 is 5.44. The second-order valence-electron chi connectivity index (χ2n) is 4.53. The lowest BCUT2D eigenvalue weighted by atomic mass is 10.3. The summed E-state index contributed by atoms with van der Waals surface area (Å²) in [4.78, 5) is 4.72. The van der Waals surface area contributed by atoms with Crippen LogP contribution in [0.25, 0.3) is 10.2 Å². The van der Waals surface area contributed by atoms with Crippen molar-refractivity contribution < 1.29 is 0 Å². The predicted octanol–water partition coefficient (Wildman–Crippen LogP) is 5.22. The standard InChI is InChI=1S/C13H18N2S3/c1-9(2)17-15(18-10(3)4)13-14-11-7-5-6-8-12(11)16-13/h5-10H,1-4H3. The van der Waals surface area contributed by atoms with Gasteiger partial charge in [0.2, 0.25) is 5.13 Å². The zero-order valence-electron chi connectivity index (χ0n) is 11.1. The summed E-state index contributed by atoms with van der Waals surface area (Å²) in [5.41, 5.74) is 1.09. The van der Waals surface area contributed by atoms with Crippen LogP contribution in [-0.2, 0) is 0 Å². The molecule has 2 nitrogen and oxygen atoms in total. The zero-order valence-corrected chi connectivity index (χ0v) is 13.5. The molecule has 0 fully saturated rings. The molecule has 18 heavy (non-hydrogen) atoms. The van der Waals surface area contributed by atoms with Crippen LogP contribution in [0.3, 0.4) is 0 Å². The van der Waals surface area contributed by atoms with Crippen molar-refractivity contribution in [2.24, 2.45) is 0 Å². The molecule has 2 rings (SSSR count). The highest BCUT2D eigenvalue weighted by Crippen LogP contribution is 2.39. The van der Waals surface area contributed by atoms with Gasteiger partial charge in [-0.2, -0.15) is 0 Å². The Kier molecular flexibility index (Phi) is 4.81. The minimum atomic E-state index is 0.559. The van der Waals surface area contributed by atoms with Gasteiger partial charge in [0.15, 0.2) is 0 Å². The van der Waals surface area contributed by atoms with Gasteiger partial charge in [0, 0.05) is 10.5 Å².